The summed E-state index contributed by atoms with van der Waals surface area (Å²) in [6.45, 7) is 5.56. The van der Waals surface area contributed by atoms with Crippen molar-refractivity contribution >= 4 is 19.1 Å². The number of rotatable bonds is 12. The van der Waals surface area contributed by atoms with Crippen molar-refractivity contribution in [1.29, 1.82) is 0 Å². The molecule has 1 N–H and O–H groups in total. The number of alkyl halides is 3. The Kier molecular flexibility index (Phi) is 10.4. The molecular weight excluding hydrogens is 622 g/mol. The van der Waals surface area contributed by atoms with E-state index in [9.17, 15) is 17.7 Å². The van der Waals surface area contributed by atoms with E-state index in [2.05, 4.69) is 39.1 Å². The van der Waals surface area contributed by atoms with Gasteiger partial charge >= 0.3 is 14.2 Å². The highest BCUT2D eigenvalue weighted by molar-refractivity contribution is 7.38. The highest BCUT2D eigenvalue weighted by Crippen LogP contribution is 2.32. The van der Waals surface area contributed by atoms with Gasteiger partial charge in [0.15, 0.2) is 0 Å². The van der Waals surface area contributed by atoms with Crippen molar-refractivity contribution < 1.29 is 27.0 Å². The molecule has 10 heteroatoms. The van der Waals surface area contributed by atoms with E-state index in [0.717, 1.165) is 78.9 Å². The van der Waals surface area contributed by atoms with Crippen LogP contribution in [-0.4, -0.2) is 34.6 Å². The van der Waals surface area contributed by atoms with Crippen LogP contribution in [0.3, 0.4) is 0 Å². The molecule has 1 fully saturated rings. The third-order valence-electron chi connectivity index (χ3n) is 8.60. The maximum absolute atomic E-state index is 13.0. The second-order valence-electron chi connectivity index (χ2n) is 12.1. The van der Waals surface area contributed by atoms with Gasteiger partial charge in [-0.1, -0.05) is 54.6 Å². The topological polar surface area (TPSA) is 67.5 Å². The van der Waals surface area contributed by atoms with E-state index < -0.39 is 19.8 Å². The molecule has 47 heavy (non-hydrogen) atoms. The average Bonchev–Trinajstić information content (AvgIpc) is 3.49. The Hall–Kier alpha value is -4.04. The first-order valence-corrected chi connectivity index (χ1v) is 17.3. The fourth-order valence-corrected chi connectivity index (χ4v) is 7.03. The summed E-state index contributed by atoms with van der Waals surface area (Å²) in [5.74, 6) is 2.03. The molecule has 6 rings (SSSR count). The van der Waals surface area contributed by atoms with Gasteiger partial charge < -0.3 is 9.72 Å². The van der Waals surface area contributed by atoms with Crippen molar-refractivity contribution in [3.05, 3.63) is 119 Å². The van der Waals surface area contributed by atoms with Crippen molar-refractivity contribution in [2.45, 2.75) is 51.7 Å². The highest BCUT2D eigenvalue weighted by Gasteiger charge is 2.30. The van der Waals surface area contributed by atoms with Gasteiger partial charge in [-0.3, -0.25) is 4.90 Å². The second-order valence-corrected chi connectivity index (χ2v) is 13.3. The van der Waals surface area contributed by atoms with Crippen LogP contribution >= 0.6 is 8.03 Å². The van der Waals surface area contributed by atoms with E-state index in [1.54, 1.807) is 0 Å². The number of para-hydroxylation sites is 1. The lowest BCUT2D eigenvalue weighted by Gasteiger charge is -2.32. The van der Waals surface area contributed by atoms with Gasteiger partial charge in [0.05, 0.1) is 23.2 Å². The van der Waals surface area contributed by atoms with Crippen LogP contribution in [0.1, 0.15) is 47.6 Å². The minimum atomic E-state index is -4.36. The zero-order valence-electron chi connectivity index (χ0n) is 26.3. The molecule has 1 unspecified atom stereocenters. The smallest absolute Gasteiger partial charge is 0.489 e. The highest BCUT2D eigenvalue weighted by atomic mass is 31.1. The Morgan fingerprint density at radius 3 is 2.45 bits per heavy atom. The van der Waals surface area contributed by atoms with Gasteiger partial charge in [-0.15, -0.1) is 4.52 Å². The number of piperidine rings is 1. The largest absolute Gasteiger partial charge is 0.512 e. The van der Waals surface area contributed by atoms with Crippen molar-refractivity contribution in [3.63, 3.8) is 0 Å². The summed E-state index contributed by atoms with van der Waals surface area (Å²) in [7, 11) is -1.70. The Morgan fingerprint density at radius 1 is 0.915 bits per heavy atom. The number of hydrogen-bond acceptors (Lipinski definition) is 5. The van der Waals surface area contributed by atoms with E-state index in [1.807, 2.05) is 49.4 Å². The van der Waals surface area contributed by atoms with Gasteiger partial charge in [0.1, 0.15) is 18.2 Å². The summed E-state index contributed by atoms with van der Waals surface area (Å²) >= 11 is 0. The number of imidazole rings is 1. The van der Waals surface area contributed by atoms with Gasteiger partial charge in [-0.25, -0.2) is 4.98 Å². The van der Waals surface area contributed by atoms with Gasteiger partial charge in [-0.05, 0) is 103 Å². The molecule has 1 aromatic heterocycles. The van der Waals surface area contributed by atoms with E-state index in [0.29, 0.717) is 36.7 Å². The lowest BCUT2D eigenvalue weighted by atomic mass is 9.89. The standard InChI is InChI=1S/C37H38F3N3O3P/c1-2-46-47(44)25-29-7-5-6-28(20-29)24-45-35-9-4-3-8-31(35)21-26-16-18-43(19-17-26)23-27-10-15-33-34(22-27)42-36(41-33)30-11-13-32(14-12-30)37(38,39)40/h3-15,20,22,26H,2,16-19,21,23-25H2,1H3,(H,41,42)/q+1. The number of aromatic nitrogens is 2. The first-order valence-electron chi connectivity index (χ1n) is 16.0. The maximum Gasteiger partial charge on any atom is 0.512 e. The fraction of sp³-hybridized carbons (Fsp3) is 0.324. The lowest BCUT2D eigenvalue weighted by Crippen LogP contribution is -2.33. The Labute approximate surface area is 273 Å². The lowest BCUT2D eigenvalue weighted by molar-refractivity contribution is -0.137. The van der Waals surface area contributed by atoms with Gasteiger partial charge in [0.2, 0.25) is 6.16 Å². The van der Waals surface area contributed by atoms with Crippen molar-refractivity contribution in [3.8, 4) is 17.1 Å². The Balaban J connectivity index is 1.01. The maximum atomic E-state index is 13.0. The minimum absolute atomic E-state index is 0.400. The van der Waals surface area contributed by atoms with Crippen LogP contribution in [0.15, 0.2) is 91.0 Å². The number of nitrogens with zero attached hydrogens (tertiary/aromatic N) is 2. The predicted molar refractivity (Wildman–Crippen MR) is 178 cm³/mol. The van der Waals surface area contributed by atoms with E-state index >= 15 is 0 Å². The van der Waals surface area contributed by atoms with Crippen molar-refractivity contribution in [1.82, 2.24) is 14.9 Å². The summed E-state index contributed by atoms with van der Waals surface area (Å²) in [4.78, 5) is 10.3. The molecule has 5 aromatic rings. The van der Waals surface area contributed by atoms with Crippen LogP contribution < -0.4 is 4.74 Å². The molecule has 244 valence electrons. The van der Waals surface area contributed by atoms with Gasteiger partial charge in [-0.2, -0.15) is 13.2 Å². The number of fused-ring (bicyclic) bond motifs is 1. The summed E-state index contributed by atoms with van der Waals surface area (Å²) in [5.41, 5.74) is 6.01. The summed E-state index contributed by atoms with van der Waals surface area (Å²) in [6.07, 6.45) is -0.807. The molecule has 1 saturated heterocycles. The normalized spacial score (nSPS) is 14.9. The number of aromatic amines is 1. The first kappa shape index (κ1) is 32.9. The molecule has 0 spiro atoms. The average molecular weight is 661 g/mol. The third-order valence-corrected chi connectivity index (χ3v) is 9.77. The molecule has 1 atom stereocenters. The molecule has 0 radical (unpaired) electrons. The SMILES string of the molecule is CCO[P+](=O)Cc1cccc(COc2ccccc2CC2CCN(Cc3ccc4nc(-c5ccc(C(F)(F)F)cc5)[nH]c4c3)CC2)c1. The van der Waals surface area contributed by atoms with E-state index in [-0.39, 0.29) is 0 Å². The van der Waals surface area contributed by atoms with E-state index in [1.165, 1.54) is 23.3 Å². The zero-order valence-corrected chi connectivity index (χ0v) is 27.2. The molecule has 0 amide bonds. The van der Waals surface area contributed by atoms with Crippen LogP contribution in [-0.2, 0) is 41.0 Å². The summed E-state index contributed by atoms with van der Waals surface area (Å²) in [6, 6.07) is 27.5. The number of ether oxygens (including phenoxy) is 1. The molecule has 6 nitrogen and oxygen atoms in total. The van der Waals surface area contributed by atoms with Crippen molar-refractivity contribution in [2.75, 3.05) is 19.7 Å². The number of H-pyrrole nitrogens is 1. The number of benzene rings is 4. The van der Waals surface area contributed by atoms with Crippen molar-refractivity contribution in [2.24, 2.45) is 5.92 Å². The Bertz CT molecular complexity index is 1820. The van der Waals surface area contributed by atoms with Gasteiger partial charge in [0.25, 0.3) is 0 Å². The van der Waals surface area contributed by atoms with Gasteiger partial charge in [0, 0.05) is 17.7 Å². The summed E-state index contributed by atoms with van der Waals surface area (Å²) < 4.78 is 62.4. The summed E-state index contributed by atoms with van der Waals surface area (Å²) in [5, 5.41) is 0. The molecule has 0 saturated carbocycles. The molecule has 0 bridgehead atoms. The van der Waals surface area contributed by atoms with Crippen LogP contribution in [0.4, 0.5) is 13.2 Å². The van der Waals surface area contributed by atoms with Crippen LogP contribution in [0.5, 0.6) is 5.75 Å². The number of halogens is 3. The number of nitrogens with one attached hydrogen (secondary N) is 1. The molecule has 2 heterocycles. The number of hydrogen-bond donors (Lipinski definition) is 1. The molecular formula is C37H38F3N3O3P+. The van der Waals surface area contributed by atoms with Crippen LogP contribution in [0.2, 0.25) is 0 Å². The third kappa shape index (κ3) is 8.66. The monoisotopic (exact) mass is 660 g/mol. The Morgan fingerprint density at radius 2 is 1.68 bits per heavy atom. The number of likely N-dealkylation sites (tertiary alicyclic amines) is 1. The first-order chi connectivity index (χ1) is 22.7. The molecule has 1 aliphatic heterocycles. The second kappa shape index (κ2) is 14.8. The molecule has 0 aliphatic carbocycles. The molecule has 4 aromatic carbocycles. The molecule has 1 aliphatic rings. The van der Waals surface area contributed by atoms with Crippen LogP contribution in [0, 0.1) is 5.92 Å². The minimum Gasteiger partial charge on any atom is -0.489 e. The fourth-order valence-electron chi connectivity index (χ4n) is 6.16. The zero-order chi connectivity index (χ0) is 32.8. The predicted octanol–water partition coefficient (Wildman–Crippen LogP) is 9.56. The van der Waals surface area contributed by atoms with Crippen LogP contribution in [0.25, 0.3) is 22.4 Å². The van der Waals surface area contributed by atoms with E-state index in [4.69, 9.17) is 9.26 Å². The quantitative estimate of drug-likeness (QED) is 0.135.